The molecule has 0 saturated heterocycles. The maximum Gasteiger partial charge on any atom is 0.0499 e. The second kappa shape index (κ2) is 11.3. The first kappa shape index (κ1) is 26.0. The number of para-hydroxylation sites is 1. The van der Waals surface area contributed by atoms with E-state index in [-0.39, 0.29) is 5.41 Å². The summed E-state index contributed by atoms with van der Waals surface area (Å²) < 4.78 is 0. The third-order valence-electron chi connectivity index (χ3n) is 7.18. The van der Waals surface area contributed by atoms with Crippen molar-refractivity contribution in [2.75, 3.05) is 4.90 Å². The largest absolute Gasteiger partial charge is 0.314 e. The van der Waals surface area contributed by atoms with Crippen LogP contribution in [0.5, 0.6) is 0 Å². The Bertz CT molecular complexity index is 1400. The van der Waals surface area contributed by atoms with Crippen LogP contribution in [0.3, 0.4) is 0 Å². The third-order valence-corrected chi connectivity index (χ3v) is 7.18. The number of nitrogens with zero attached hydrogens (tertiary/aromatic N) is 1. The van der Waals surface area contributed by atoms with Gasteiger partial charge in [0.15, 0.2) is 0 Å². The topological polar surface area (TPSA) is 3.24 Å². The molecule has 186 valence electrons. The molecule has 1 nitrogen and oxygen atoms in total. The molecule has 0 aromatic heterocycles. The molecule has 1 aliphatic heterocycles. The van der Waals surface area contributed by atoms with E-state index in [9.17, 15) is 0 Å². The highest BCUT2D eigenvalue weighted by Gasteiger charge is 2.35. The first-order valence-electron chi connectivity index (χ1n) is 13.0. The highest BCUT2D eigenvalue weighted by atomic mass is 15.2. The van der Waals surface area contributed by atoms with Gasteiger partial charge in [-0.25, -0.2) is 0 Å². The van der Waals surface area contributed by atoms with Crippen molar-refractivity contribution >= 4 is 16.9 Å². The molecule has 1 heterocycles. The Balaban J connectivity index is 1.71. The summed E-state index contributed by atoms with van der Waals surface area (Å²) in [6.07, 6.45) is 16.6. The molecule has 1 aliphatic rings. The molecule has 0 radical (unpaired) electrons. The molecule has 0 N–H and O–H groups in total. The summed E-state index contributed by atoms with van der Waals surface area (Å²) in [5, 5.41) is 0. The molecule has 0 aliphatic carbocycles. The van der Waals surface area contributed by atoms with Crippen molar-refractivity contribution in [3.63, 3.8) is 0 Å². The summed E-state index contributed by atoms with van der Waals surface area (Å²) in [4.78, 5) is 2.40. The number of benzene rings is 3. The first-order chi connectivity index (χ1) is 17.9. The minimum absolute atomic E-state index is 0.0798. The van der Waals surface area contributed by atoms with Crippen molar-refractivity contribution in [3.05, 3.63) is 150 Å². The second-order valence-electron chi connectivity index (χ2n) is 9.82. The monoisotopic (exact) mass is 483 g/mol. The van der Waals surface area contributed by atoms with Crippen molar-refractivity contribution in [2.45, 2.75) is 40.0 Å². The quantitative estimate of drug-likeness (QED) is 0.302. The van der Waals surface area contributed by atoms with Gasteiger partial charge in [-0.2, -0.15) is 0 Å². The van der Waals surface area contributed by atoms with E-state index in [1.54, 1.807) is 6.08 Å². The molecule has 3 aromatic rings. The van der Waals surface area contributed by atoms with Crippen LogP contribution in [0.4, 0.5) is 11.4 Å². The third kappa shape index (κ3) is 5.22. The van der Waals surface area contributed by atoms with Crippen LogP contribution >= 0.6 is 0 Å². The lowest BCUT2D eigenvalue weighted by Gasteiger charge is -2.42. The molecule has 0 fully saturated rings. The predicted octanol–water partition coefficient (Wildman–Crippen LogP) is 10.3. The van der Waals surface area contributed by atoms with Gasteiger partial charge in [-0.3, -0.25) is 0 Å². The average Bonchev–Trinajstić information content (AvgIpc) is 2.92. The lowest BCUT2D eigenvalue weighted by Crippen LogP contribution is -2.32. The van der Waals surface area contributed by atoms with Crippen molar-refractivity contribution in [1.82, 2.24) is 0 Å². The van der Waals surface area contributed by atoms with Gasteiger partial charge in [0, 0.05) is 22.5 Å². The first-order valence-corrected chi connectivity index (χ1v) is 13.0. The van der Waals surface area contributed by atoms with Crippen LogP contribution in [0.2, 0.25) is 0 Å². The Morgan fingerprint density at radius 1 is 0.811 bits per heavy atom. The van der Waals surface area contributed by atoms with Crippen LogP contribution in [-0.4, -0.2) is 0 Å². The van der Waals surface area contributed by atoms with Crippen LogP contribution in [-0.2, 0) is 5.41 Å². The molecule has 0 spiro atoms. The Hall–Kier alpha value is -4.10. The van der Waals surface area contributed by atoms with Crippen LogP contribution in [0.1, 0.15) is 45.7 Å². The van der Waals surface area contributed by atoms with Crippen LogP contribution in [0.15, 0.2) is 139 Å². The van der Waals surface area contributed by atoms with Crippen molar-refractivity contribution in [2.24, 2.45) is 0 Å². The van der Waals surface area contributed by atoms with Crippen molar-refractivity contribution < 1.29 is 0 Å². The van der Waals surface area contributed by atoms with E-state index in [0.717, 1.165) is 0 Å². The van der Waals surface area contributed by atoms with Gasteiger partial charge in [0.25, 0.3) is 0 Å². The summed E-state index contributed by atoms with van der Waals surface area (Å²) in [6, 6.07) is 26.5. The minimum atomic E-state index is -0.0798. The van der Waals surface area contributed by atoms with E-state index in [4.69, 9.17) is 0 Å². The normalized spacial score (nSPS) is 15.7. The molecular formula is C36H37N. The molecule has 1 heteroatoms. The van der Waals surface area contributed by atoms with E-state index in [0.29, 0.717) is 0 Å². The standard InChI is InChI=1S/C36H37N/c1-7-10-12-16-33-27(4)37(35-18-14-13-17-34(35)36(33,5)6)32-25-23-31(24-26-32)30-21-19-29(20-22-30)28(9-3)15-11-8-2/h7-26H,2H2,1,3-6H3/b10-7+,15-11-,16-12-,28-9+. The van der Waals surface area contributed by atoms with E-state index in [1.807, 2.05) is 13.0 Å². The Kier molecular flexibility index (Phi) is 7.94. The van der Waals surface area contributed by atoms with Gasteiger partial charge in [-0.05, 0) is 72.4 Å². The van der Waals surface area contributed by atoms with Crippen LogP contribution in [0.25, 0.3) is 16.7 Å². The van der Waals surface area contributed by atoms with E-state index in [1.165, 1.54) is 50.5 Å². The summed E-state index contributed by atoms with van der Waals surface area (Å²) in [6.45, 7) is 14.8. The van der Waals surface area contributed by atoms with Gasteiger partial charge >= 0.3 is 0 Å². The Morgan fingerprint density at radius 2 is 1.46 bits per heavy atom. The van der Waals surface area contributed by atoms with E-state index < -0.39 is 0 Å². The van der Waals surface area contributed by atoms with Crippen molar-refractivity contribution in [3.8, 4) is 11.1 Å². The lowest BCUT2D eigenvalue weighted by atomic mass is 9.73. The zero-order valence-electron chi connectivity index (χ0n) is 22.7. The molecule has 3 aromatic carbocycles. The maximum absolute atomic E-state index is 3.77. The molecule has 0 atom stereocenters. The summed E-state index contributed by atoms with van der Waals surface area (Å²) in [5.74, 6) is 0. The zero-order valence-corrected chi connectivity index (χ0v) is 22.7. The minimum Gasteiger partial charge on any atom is -0.314 e. The van der Waals surface area contributed by atoms with Crippen molar-refractivity contribution in [1.29, 1.82) is 0 Å². The molecular weight excluding hydrogens is 446 g/mol. The number of anilines is 2. The van der Waals surface area contributed by atoms with Gasteiger partial charge < -0.3 is 4.90 Å². The Morgan fingerprint density at radius 3 is 2.08 bits per heavy atom. The molecule has 0 amide bonds. The highest BCUT2D eigenvalue weighted by Crippen LogP contribution is 2.48. The molecule has 0 unspecified atom stereocenters. The number of hydrogen-bond acceptors (Lipinski definition) is 1. The fraction of sp³-hybridized carbons (Fsp3) is 0.167. The van der Waals surface area contributed by atoms with Gasteiger partial charge in [-0.15, -0.1) is 0 Å². The van der Waals surface area contributed by atoms with Gasteiger partial charge in [0.05, 0.1) is 0 Å². The number of allylic oxidation sites excluding steroid dienone is 11. The molecule has 4 rings (SSSR count). The van der Waals surface area contributed by atoms with E-state index >= 15 is 0 Å². The summed E-state index contributed by atoms with van der Waals surface area (Å²) >= 11 is 0. The van der Waals surface area contributed by atoms with Crippen LogP contribution < -0.4 is 4.90 Å². The van der Waals surface area contributed by atoms with Gasteiger partial charge in [-0.1, -0.05) is 124 Å². The summed E-state index contributed by atoms with van der Waals surface area (Å²) in [5.41, 5.74) is 11.1. The average molecular weight is 484 g/mol. The predicted molar refractivity (Wildman–Crippen MR) is 163 cm³/mol. The fourth-order valence-electron chi connectivity index (χ4n) is 5.21. The van der Waals surface area contributed by atoms with Gasteiger partial charge in [0.1, 0.15) is 0 Å². The molecule has 37 heavy (non-hydrogen) atoms. The maximum atomic E-state index is 3.77. The van der Waals surface area contributed by atoms with Crippen LogP contribution in [0, 0.1) is 0 Å². The Labute approximate surface area is 223 Å². The zero-order chi connectivity index (χ0) is 26.4. The highest BCUT2D eigenvalue weighted by molar-refractivity contribution is 5.80. The number of fused-ring (bicyclic) bond motifs is 1. The molecule has 0 saturated carbocycles. The molecule has 0 bridgehead atoms. The fourth-order valence-corrected chi connectivity index (χ4v) is 5.21. The van der Waals surface area contributed by atoms with Gasteiger partial charge in [0.2, 0.25) is 0 Å². The second-order valence-corrected chi connectivity index (χ2v) is 9.82. The number of rotatable bonds is 7. The number of hydrogen-bond donors (Lipinski definition) is 0. The SMILES string of the molecule is C=C/C=C\C(=C/C)c1ccc(-c2ccc(N3C(C)=C(/C=C\C=C\C)C(C)(C)c4ccccc43)cc2)cc1. The lowest BCUT2D eigenvalue weighted by molar-refractivity contribution is 0.617. The van der Waals surface area contributed by atoms with E-state index in [2.05, 4.69) is 148 Å². The smallest absolute Gasteiger partial charge is 0.0499 e. The summed E-state index contributed by atoms with van der Waals surface area (Å²) in [7, 11) is 0.